The molecule has 1 atom stereocenters. The van der Waals surface area contributed by atoms with Gasteiger partial charge < -0.3 is 11.5 Å². The van der Waals surface area contributed by atoms with Gasteiger partial charge in [-0.2, -0.15) is 0 Å². The molecule has 1 aromatic carbocycles. The molecule has 4 heteroatoms. The van der Waals surface area contributed by atoms with E-state index in [-0.39, 0.29) is 32.8 Å². The van der Waals surface area contributed by atoms with Gasteiger partial charge in [-0.3, -0.25) is 0 Å². The average molecular weight is 463 g/mol. The van der Waals surface area contributed by atoms with Crippen molar-refractivity contribution in [3.05, 3.63) is 77.2 Å². The Labute approximate surface area is 204 Å². The molecule has 2 nitrogen and oxygen atoms in total. The van der Waals surface area contributed by atoms with Crippen molar-refractivity contribution in [2.75, 3.05) is 0 Å². The Bertz CT molecular complexity index is 638. The van der Waals surface area contributed by atoms with Gasteiger partial charge in [0.1, 0.15) is 0 Å². The molecule has 0 heterocycles. The Balaban J connectivity index is -0.000000383. The van der Waals surface area contributed by atoms with E-state index < -0.39 is 8.80 Å². The van der Waals surface area contributed by atoms with Gasteiger partial charge in [0.05, 0.1) is 0 Å². The first-order valence-corrected chi connectivity index (χ1v) is 13.5. The van der Waals surface area contributed by atoms with E-state index in [0.29, 0.717) is 0 Å². The van der Waals surface area contributed by atoms with Crippen LogP contribution >= 0.6 is 0 Å². The number of rotatable bonds is 2. The van der Waals surface area contributed by atoms with Gasteiger partial charge in [0.2, 0.25) is 0 Å². The summed E-state index contributed by atoms with van der Waals surface area (Å²) in [6.07, 6.45) is 5.58. The fourth-order valence-electron chi connectivity index (χ4n) is 2.78. The summed E-state index contributed by atoms with van der Waals surface area (Å²) in [5.41, 5.74) is 20.4. The first-order valence-electron chi connectivity index (χ1n) is 10.5. The normalized spacial score (nSPS) is 15.1. The van der Waals surface area contributed by atoms with Crippen LogP contribution in [0.1, 0.15) is 79.0 Å². The van der Waals surface area contributed by atoms with E-state index in [1.54, 1.807) is 17.2 Å². The predicted molar refractivity (Wildman–Crippen MR) is 139 cm³/mol. The minimum atomic E-state index is -0.614. The minimum absolute atomic E-state index is 0. The number of hydrogen-bond donors (Lipinski definition) is 0. The van der Waals surface area contributed by atoms with Crippen molar-refractivity contribution in [1.29, 1.82) is 0 Å². The molecule has 1 aliphatic carbocycles. The van der Waals surface area contributed by atoms with Crippen molar-refractivity contribution >= 4 is 14.4 Å². The second-order valence-electron chi connectivity index (χ2n) is 9.88. The van der Waals surface area contributed by atoms with Crippen molar-refractivity contribution in [1.82, 2.24) is 0 Å². The molecule has 168 valence electrons. The van der Waals surface area contributed by atoms with Gasteiger partial charge in [-0.25, -0.2) is 0 Å². The maximum Gasteiger partial charge on any atom is 2.00 e. The van der Waals surface area contributed by atoms with Crippen LogP contribution in [0.5, 0.6) is 0 Å². The van der Waals surface area contributed by atoms with Crippen molar-refractivity contribution < 1.29 is 21.7 Å². The fourth-order valence-corrected chi connectivity index (χ4v) is 5.04. The number of fused-ring (bicyclic) bond motifs is 1. The van der Waals surface area contributed by atoms with E-state index in [2.05, 4.69) is 57.8 Å². The molecule has 1 aromatic rings. The molecule has 0 radical (unpaired) electrons. The van der Waals surface area contributed by atoms with E-state index in [1.807, 2.05) is 60.6 Å². The van der Waals surface area contributed by atoms with Gasteiger partial charge in [-0.05, 0) is 43.0 Å². The maximum absolute atomic E-state index is 6.94. The van der Waals surface area contributed by atoms with Gasteiger partial charge >= 0.3 is 21.7 Å². The molecule has 0 spiro atoms. The molecule has 1 aliphatic rings. The molecule has 2 N–H and O–H groups in total. The Morgan fingerprint density at radius 3 is 1.63 bits per heavy atom. The first kappa shape index (κ1) is 33.9. The smallest absolute Gasteiger partial charge is 0.673 e. The van der Waals surface area contributed by atoms with Crippen LogP contribution in [0.3, 0.4) is 0 Å². The molecule has 1 unspecified atom stereocenters. The molecule has 0 amide bonds. The Kier molecular flexibility index (Phi) is 18.1. The van der Waals surface area contributed by atoms with Crippen molar-refractivity contribution in [2.45, 2.75) is 92.0 Å². The molecule has 2 rings (SSSR count). The zero-order valence-corrected chi connectivity index (χ0v) is 24.1. The number of hydrogen-bond acceptors (Lipinski definition) is 0. The topological polar surface area (TPSA) is 47.6 Å². The van der Waals surface area contributed by atoms with E-state index in [1.165, 1.54) is 11.1 Å². The summed E-state index contributed by atoms with van der Waals surface area (Å²) in [6, 6.07) is 8.91. The van der Waals surface area contributed by atoms with Gasteiger partial charge in [-0.15, -0.1) is 11.1 Å². The van der Waals surface area contributed by atoms with Crippen LogP contribution < -0.4 is 0 Å². The molecular weight excluding hydrogens is 416 g/mol. The summed E-state index contributed by atoms with van der Waals surface area (Å²) >= 11 is 0. The zero-order chi connectivity index (χ0) is 23.4. The predicted octanol–water partition coefficient (Wildman–Crippen LogP) is 9.02. The average Bonchev–Trinajstić information content (AvgIpc) is 2.77. The van der Waals surface area contributed by atoms with Crippen LogP contribution in [0.25, 0.3) is 17.0 Å². The van der Waals surface area contributed by atoms with Crippen LogP contribution in [-0.4, -0.2) is 19.9 Å². The van der Waals surface area contributed by atoms with Crippen LogP contribution in [-0.2, 0) is 21.7 Å². The Morgan fingerprint density at radius 2 is 1.33 bits per heavy atom. The fraction of sp³-hybridized carbons (Fsp3) is 0.538. The molecule has 0 aliphatic heterocycles. The molecule has 0 bridgehead atoms. The third-order valence-electron chi connectivity index (χ3n) is 3.75. The Morgan fingerprint density at radius 1 is 0.933 bits per heavy atom. The second-order valence-corrected chi connectivity index (χ2v) is 13.0. The standard InChI is InChI=1S/C13H18Si.C5H8.2C4H10N.Ti/c1-9-10(2)13(14(3)4)12-8-6-5-7-11(9)12;1-3-5-4-2;2*1-4(2,3)5;/h5-8,13-14H,1-4H3;3-5H,1H2,2H3;2*5H,1-3H3;/q;;2*-1;+2. The van der Waals surface area contributed by atoms with Gasteiger partial charge in [0, 0.05) is 8.80 Å². The summed E-state index contributed by atoms with van der Waals surface area (Å²) in [4.78, 5) is 0. The van der Waals surface area contributed by atoms with Crippen molar-refractivity contribution in [3.8, 4) is 0 Å². The monoisotopic (exact) mass is 462 g/mol. The van der Waals surface area contributed by atoms with Gasteiger partial charge in [0.25, 0.3) is 0 Å². The summed E-state index contributed by atoms with van der Waals surface area (Å²) in [7, 11) is -0.614. The SMILES string of the molecule is C=CC=CC.CC(C)(C)[NH-].CC(C)(C)[NH-].CC1=C(C)C([SiH](C)C)c2ccccc21.[Ti+2]. The van der Waals surface area contributed by atoms with Gasteiger partial charge in [-0.1, -0.05) is 109 Å². The molecule has 0 saturated carbocycles. The molecule has 30 heavy (non-hydrogen) atoms. The van der Waals surface area contributed by atoms with Crippen LogP contribution in [0, 0.1) is 0 Å². The minimum Gasteiger partial charge on any atom is -0.673 e. The summed E-state index contributed by atoms with van der Waals surface area (Å²) in [5, 5.41) is 0. The molecular formula is C26H46N2SiTi. The van der Waals surface area contributed by atoms with Crippen LogP contribution in [0.15, 0.2) is 54.6 Å². The van der Waals surface area contributed by atoms with E-state index in [9.17, 15) is 0 Å². The van der Waals surface area contributed by atoms with E-state index in [0.717, 1.165) is 5.54 Å². The number of nitrogens with one attached hydrogen (secondary N) is 2. The van der Waals surface area contributed by atoms with Crippen molar-refractivity contribution in [3.63, 3.8) is 0 Å². The van der Waals surface area contributed by atoms with Crippen molar-refractivity contribution in [2.24, 2.45) is 0 Å². The first-order chi connectivity index (χ1) is 13.0. The maximum atomic E-state index is 6.94. The summed E-state index contributed by atoms with van der Waals surface area (Å²) in [5.74, 6) is 0. The van der Waals surface area contributed by atoms with Crippen LogP contribution in [0.4, 0.5) is 0 Å². The van der Waals surface area contributed by atoms with Crippen LogP contribution in [0.2, 0.25) is 13.1 Å². The second kappa shape index (κ2) is 16.0. The Hall–Kier alpha value is -0.709. The quantitative estimate of drug-likeness (QED) is 0.311. The molecule has 0 saturated heterocycles. The van der Waals surface area contributed by atoms with Gasteiger partial charge in [0.15, 0.2) is 0 Å². The third kappa shape index (κ3) is 18.1. The zero-order valence-electron chi connectivity index (χ0n) is 21.4. The molecule has 0 fully saturated rings. The van der Waals surface area contributed by atoms with E-state index >= 15 is 0 Å². The third-order valence-corrected chi connectivity index (χ3v) is 5.95. The number of benzene rings is 1. The summed E-state index contributed by atoms with van der Waals surface area (Å²) < 4.78 is 0. The summed E-state index contributed by atoms with van der Waals surface area (Å²) in [6.45, 7) is 26.0. The number of allylic oxidation sites excluding steroid dienone is 5. The molecule has 0 aromatic heterocycles. The largest absolute Gasteiger partial charge is 2.00 e. The van der Waals surface area contributed by atoms with E-state index in [4.69, 9.17) is 11.5 Å².